The molecule has 1 aromatic heterocycles. The highest BCUT2D eigenvalue weighted by Crippen LogP contribution is 2.20. The fourth-order valence-corrected chi connectivity index (χ4v) is 3.46. The second-order valence-corrected chi connectivity index (χ2v) is 6.79. The van der Waals surface area contributed by atoms with Crippen LogP contribution in [0.4, 0.5) is 11.4 Å². The second kappa shape index (κ2) is 6.78. The van der Waals surface area contributed by atoms with Gasteiger partial charge in [-0.15, -0.1) is 0 Å². The molecule has 0 spiro atoms. The van der Waals surface area contributed by atoms with Crippen molar-refractivity contribution in [3.8, 4) is 0 Å². The molecule has 1 aliphatic heterocycles. The minimum atomic E-state index is -0.137. The van der Waals surface area contributed by atoms with E-state index in [0.29, 0.717) is 5.56 Å². The molecule has 4 rings (SSSR count). The van der Waals surface area contributed by atoms with Crippen LogP contribution in [0.25, 0.3) is 11.0 Å². The molecule has 1 N–H and O–H groups in total. The number of piperazine rings is 1. The van der Waals surface area contributed by atoms with Crippen LogP contribution in [0.1, 0.15) is 10.4 Å². The monoisotopic (exact) mass is 353 g/mol. The van der Waals surface area contributed by atoms with Crippen LogP contribution in [0.15, 0.2) is 42.5 Å². The Kier molecular flexibility index (Phi) is 4.33. The number of carbonyl (C=O) groups excluding carboxylic acids is 1. The molecule has 1 aliphatic rings. The third-order valence-electron chi connectivity index (χ3n) is 4.51. The standard InChI is InChI=1S/C18H19N5OS/c1-22-8-10-23(11-9-22)15-5-3-14(4-6-15)19-18(24)13-2-7-16-17(12-13)21-25-20-16/h2-7,12H,8-11H2,1H3,(H,19,24). The molecular formula is C18H19N5OS. The molecule has 6 nitrogen and oxygen atoms in total. The van der Waals surface area contributed by atoms with Gasteiger partial charge in [0.15, 0.2) is 0 Å². The minimum Gasteiger partial charge on any atom is -0.369 e. The highest BCUT2D eigenvalue weighted by molar-refractivity contribution is 7.00. The van der Waals surface area contributed by atoms with Crippen molar-refractivity contribution in [2.75, 3.05) is 43.4 Å². The van der Waals surface area contributed by atoms with Crippen molar-refractivity contribution >= 4 is 40.0 Å². The van der Waals surface area contributed by atoms with Gasteiger partial charge in [-0.3, -0.25) is 4.79 Å². The van der Waals surface area contributed by atoms with Crippen molar-refractivity contribution in [2.24, 2.45) is 0 Å². The Morgan fingerprint density at radius 1 is 1.00 bits per heavy atom. The molecule has 0 atom stereocenters. The molecule has 0 bridgehead atoms. The molecule has 7 heteroatoms. The summed E-state index contributed by atoms with van der Waals surface area (Å²) in [6.07, 6.45) is 0. The average Bonchev–Trinajstić information content (AvgIpc) is 3.11. The Hall–Kier alpha value is -2.51. The van der Waals surface area contributed by atoms with Crippen LogP contribution in [-0.4, -0.2) is 52.8 Å². The molecular weight excluding hydrogens is 334 g/mol. The van der Waals surface area contributed by atoms with Gasteiger partial charge in [0.25, 0.3) is 5.91 Å². The highest BCUT2D eigenvalue weighted by atomic mass is 32.1. The molecule has 128 valence electrons. The van der Waals surface area contributed by atoms with Gasteiger partial charge < -0.3 is 15.1 Å². The van der Waals surface area contributed by atoms with Crippen LogP contribution in [0.5, 0.6) is 0 Å². The number of carbonyl (C=O) groups is 1. The van der Waals surface area contributed by atoms with Crippen LogP contribution in [0.3, 0.4) is 0 Å². The minimum absolute atomic E-state index is 0.137. The summed E-state index contributed by atoms with van der Waals surface area (Å²) in [6, 6.07) is 13.4. The summed E-state index contributed by atoms with van der Waals surface area (Å²) in [6.45, 7) is 4.21. The van der Waals surface area contributed by atoms with Gasteiger partial charge in [0.2, 0.25) is 0 Å². The van der Waals surface area contributed by atoms with Crippen molar-refractivity contribution in [1.29, 1.82) is 0 Å². The summed E-state index contributed by atoms with van der Waals surface area (Å²) in [4.78, 5) is 17.1. The smallest absolute Gasteiger partial charge is 0.255 e. The first kappa shape index (κ1) is 16.0. The third kappa shape index (κ3) is 3.47. The van der Waals surface area contributed by atoms with Gasteiger partial charge >= 0.3 is 0 Å². The van der Waals surface area contributed by atoms with Crippen LogP contribution < -0.4 is 10.2 Å². The molecule has 0 saturated carbocycles. The van der Waals surface area contributed by atoms with Gasteiger partial charge in [-0.1, -0.05) is 0 Å². The zero-order valence-electron chi connectivity index (χ0n) is 14.0. The summed E-state index contributed by atoms with van der Waals surface area (Å²) in [5.74, 6) is -0.137. The number of aromatic nitrogens is 2. The summed E-state index contributed by atoms with van der Waals surface area (Å²) in [5.41, 5.74) is 4.14. The van der Waals surface area contributed by atoms with Gasteiger partial charge in [0.05, 0.1) is 11.7 Å². The molecule has 0 aliphatic carbocycles. The van der Waals surface area contributed by atoms with Crippen LogP contribution >= 0.6 is 11.7 Å². The summed E-state index contributed by atoms with van der Waals surface area (Å²) in [7, 11) is 2.15. The number of hydrogen-bond acceptors (Lipinski definition) is 6. The predicted molar refractivity (Wildman–Crippen MR) is 102 cm³/mol. The molecule has 1 fully saturated rings. The molecule has 1 saturated heterocycles. The quantitative estimate of drug-likeness (QED) is 0.784. The maximum Gasteiger partial charge on any atom is 0.255 e. The number of anilines is 2. The summed E-state index contributed by atoms with van der Waals surface area (Å²) >= 11 is 1.15. The van der Waals surface area contributed by atoms with Gasteiger partial charge in [-0.05, 0) is 49.5 Å². The largest absolute Gasteiger partial charge is 0.369 e. The zero-order valence-corrected chi connectivity index (χ0v) is 14.8. The van der Waals surface area contributed by atoms with E-state index < -0.39 is 0 Å². The van der Waals surface area contributed by atoms with Gasteiger partial charge in [-0.25, -0.2) is 0 Å². The maximum absolute atomic E-state index is 12.4. The van der Waals surface area contributed by atoms with Crippen LogP contribution in [-0.2, 0) is 0 Å². The van der Waals surface area contributed by atoms with Crippen molar-refractivity contribution < 1.29 is 4.79 Å². The van der Waals surface area contributed by atoms with Gasteiger partial charge in [-0.2, -0.15) is 8.75 Å². The Balaban J connectivity index is 1.44. The Morgan fingerprint density at radius 2 is 1.72 bits per heavy atom. The first-order valence-electron chi connectivity index (χ1n) is 8.26. The van der Waals surface area contributed by atoms with E-state index in [1.54, 1.807) is 12.1 Å². The third-order valence-corrected chi connectivity index (χ3v) is 5.07. The molecule has 0 unspecified atom stereocenters. The predicted octanol–water partition coefficient (Wildman–Crippen LogP) is 2.70. The molecule has 1 amide bonds. The second-order valence-electron chi connectivity index (χ2n) is 6.26. The average molecular weight is 353 g/mol. The Bertz CT molecular complexity index is 884. The van der Waals surface area contributed by atoms with Gasteiger partial charge in [0, 0.05) is 43.1 Å². The highest BCUT2D eigenvalue weighted by Gasteiger charge is 2.14. The van der Waals surface area contributed by atoms with E-state index in [4.69, 9.17) is 0 Å². The Morgan fingerprint density at radius 3 is 2.48 bits per heavy atom. The molecule has 0 radical (unpaired) electrons. The number of fused-ring (bicyclic) bond motifs is 1. The van der Waals surface area contributed by atoms with Crippen LogP contribution in [0, 0.1) is 0 Å². The first-order valence-corrected chi connectivity index (χ1v) is 8.99. The van der Waals surface area contributed by atoms with Crippen LogP contribution in [0.2, 0.25) is 0 Å². The number of hydrogen-bond donors (Lipinski definition) is 1. The van der Waals surface area contributed by atoms with Gasteiger partial charge in [0.1, 0.15) is 11.0 Å². The maximum atomic E-state index is 12.4. The van der Waals surface area contributed by atoms with E-state index >= 15 is 0 Å². The SMILES string of the molecule is CN1CCN(c2ccc(NC(=O)c3ccc4nsnc4c3)cc2)CC1. The lowest BCUT2D eigenvalue weighted by atomic mass is 10.1. The normalized spacial score (nSPS) is 15.5. The fraction of sp³-hybridized carbons (Fsp3) is 0.278. The molecule has 2 aromatic carbocycles. The van der Waals surface area contributed by atoms with Crippen molar-refractivity contribution in [1.82, 2.24) is 13.6 Å². The lowest BCUT2D eigenvalue weighted by Crippen LogP contribution is -2.44. The fourth-order valence-electron chi connectivity index (χ4n) is 2.95. The van der Waals surface area contributed by atoms with E-state index in [-0.39, 0.29) is 5.91 Å². The number of nitrogens with one attached hydrogen (secondary N) is 1. The van der Waals surface area contributed by atoms with E-state index in [9.17, 15) is 4.79 Å². The van der Waals surface area contributed by atoms with E-state index in [0.717, 1.165) is 54.6 Å². The number of nitrogens with zero attached hydrogens (tertiary/aromatic N) is 4. The molecule has 25 heavy (non-hydrogen) atoms. The van der Waals surface area contributed by atoms with E-state index in [1.807, 2.05) is 18.2 Å². The zero-order chi connectivity index (χ0) is 17.2. The lowest BCUT2D eigenvalue weighted by Gasteiger charge is -2.34. The first-order chi connectivity index (χ1) is 12.2. The summed E-state index contributed by atoms with van der Waals surface area (Å²) < 4.78 is 8.33. The lowest BCUT2D eigenvalue weighted by molar-refractivity contribution is 0.102. The number of benzene rings is 2. The Labute approximate surface area is 150 Å². The number of likely N-dealkylation sites (N-methyl/N-ethyl adjacent to an activating group) is 1. The van der Waals surface area contributed by atoms with Crippen molar-refractivity contribution in [2.45, 2.75) is 0 Å². The molecule has 3 aromatic rings. The number of rotatable bonds is 3. The number of amides is 1. The van der Waals surface area contributed by atoms with Crippen molar-refractivity contribution in [3.05, 3.63) is 48.0 Å². The topological polar surface area (TPSA) is 61.4 Å². The summed E-state index contributed by atoms with van der Waals surface area (Å²) in [5, 5.41) is 2.94. The van der Waals surface area contributed by atoms with Crippen molar-refractivity contribution in [3.63, 3.8) is 0 Å². The van der Waals surface area contributed by atoms with E-state index in [2.05, 4.69) is 43.0 Å². The van der Waals surface area contributed by atoms with E-state index in [1.165, 1.54) is 5.69 Å². The molecule has 2 heterocycles.